The lowest BCUT2D eigenvalue weighted by Crippen LogP contribution is -2.20. The van der Waals surface area contributed by atoms with Gasteiger partial charge in [-0.2, -0.15) is 10.2 Å². The third-order valence-electron chi connectivity index (χ3n) is 5.07. The van der Waals surface area contributed by atoms with E-state index >= 15 is 0 Å². The Morgan fingerprint density at radius 3 is 2.69 bits per heavy atom. The number of nitrogens with zero attached hydrogens (tertiary/aromatic N) is 5. The van der Waals surface area contributed by atoms with Crippen molar-refractivity contribution in [3.8, 4) is 17.0 Å². The summed E-state index contributed by atoms with van der Waals surface area (Å²) < 4.78 is 36.0. The summed E-state index contributed by atoms with van der Waals surface area (Å²) in [6.07, 6.45) is 0.513. The highest BCUT2D eigenvalue weighted by Gasteiger charge is 2.22. The minimum absolute atomic E-state index is 0.182. The van der Waals surface area contributed by atoms with E-state index in [0.717, 1.165) is 5.56 Å². The van der Waals surface area contributed by atoms with Gasteiger partial charge < -0.3 is 10.1 Å². The first kappa shape index (κ1) is 21.4. The van der Waals surface area contributed by atoms with Crippen molar-refractivity contribution in [3.05, 3.63) is 53.5 Å². The molecule has 4 aromatic rings. The molecule has 0 spiro atoms. The SMILES string of the molecule is COc1ccc(C)cc1NC(=O)Cn1nc(C)c2c(C(F)F)cc(-c3cnn(C)c3)nc21. The summed E-state index contributed by atoms with van der Waals surface area (Å²) >= 11 is 0. The third kappa shape index (κ3) is 4.03. The number of rotatable bonds is 6. The minimum atomic E-state index is -2.72. The van der Waals surface area contributed by atoms with E-state index in [4.69, 9.17) is 4.74 Å². The van der Waals surface area contributed by atoms with E-state index in [1.165, 1.54) is 17.9 Å². The fourth-order valence-corrected chi connectivity index (χ4v) is 3.62. The second-order valence-electron chi connectivity index (χ2n) is 7.49. The molecule has 3 heterocycles. The Morgan fingerprint density at radius 1 is 1.25 bits per heavy atom. The summed E-state index contributed by atoms with van der Waals surface area (Å²) in [6, 6.07) is 6.77. The van der Waals surface area contributed by atoms with Gasteiger partial charge in [-0.1, -0.05) is 6.07 Å². The van der Waals surface area contributed by atoms with Gasteiger partial charge in [0.05, 0.1) is 35.8 Å². The van der Waals surface area contributed by atoms with Gasteiger partial charge in [0.25, 0.3) is 6.43 Å². The summed E-state index contributed by atoms with van der Waals surface area (Å²) in [6.45, 7) is 3.32. The van der Waals surface area contributed by atoms with Gasteiger partial charge in [0.15, 0.2) is 5.65 Å². The van der Waals surface area contributed by atoms with Crippen LogP contribution < -0.4 is 10.1 Å². The molecule has 0 fully saturated rings. The van der Waals surface area contributed by atoms with Crippen LogP contribution in [-0.4, -0.2) is 37.6 Å². The van der Waals surface area contributed by atoms with Crippen LogP contribution in [0, 0.1) is 13.8 Å². The monoisotopic (exact) mass is 440 g/mol. The van der Waals surface area contributed by atoms with Crippen LogP contribution in [-0.2, 0) is 18.4 Å². The largest absolute Gasteiger partial charge is 0.495 e. The quantitative estimate of drug-likeness (QED) is 0.489. The molecule has 0 saturated carbocycles. The molecule has 8 nitrogen and oxygen atoms in total. The Morgan fingerprint density at radius 2 is 2.03 bits per heavy atom. The summed E-state index contributed by atoms with van der Waals surface area (Å²) in [5.41, 5.74) is 2.80. The number of halogens is 2. The van der Waals surface area contributed by atoms with Gasteiger partial charge >= 0.3 is 0 Å². The number of aromatic nitrogens is 5. The number of benzene rings is 1. The Balaban J connectivity index is 1.74. The lowest BCUT2D eigenvalue weighted by Gasteiger charge is -2.11. The molecule has 0 aliphatic heterocycles. The first-order valence-electron chi connectivity index (χ1n) is 9.86. The maximum Gasteiger partial charge on any atom is 0.264 e. The van der Waals surface area contributed by atoms with Crippen LogP contribution in [0.5, 0.6) is 5.75 Å². The number of carbonyl (C=O) groups is 1. The average molecular weight is 440 g/mol. The predicted molar refractivity (Wildman–Crippen MR) is 116 cm³/mol. The Bertz CT molecular complexity index is 1310. The van der Waals surface area contributed by atoms with Crippen LogP contribution in [0.15, 0.2) is 36.7 Å². The average Bonchev–Trinajstić information content (AvgIpc) is 3.31. The molecule has 10 heteroatoms. The number of hydrogen-bond acceptors (Lipinski definition) is 5. The Labute approximate surface area is 182 Å². The van der Waals surface area contributed by atoms with Gasteiger partial charge in [0.2, 0.25) is 5.91 Å². The summed E-state index contributed by atoms with van der Waals surface area (Å²) in [7, 11) is 3.24. The van der Waals surface area contributed by atoms with E-state index in [1.807, 2.05) is 13.0 Å². The molecule has 1 amide bonds. The lowest BCUT2D eigenvalue weighted by molar-refractivity contribution is -0.116. The van der Waals surface area contributed by atoms with Gasteiger partial charge in [0.1, 0.15) is 12.3 Å². The van der Waals surface area contributed by atoms with Crippen molar-refractivity contribution in [1.29, 1.82) is 0 Å². The molecule has 0 atom stereocenters. The molecule has 32 heavy (non-hydrogen) atoms. The maximum absolute atomic E-state index is 13.9. The van der Waals surface area contributed by atoms with Gasteiger partial charge in [-0.05, 0) is 37.6 Å². The van der Waals surface area contributed by atoms with Gasteiger partial charge in [-0.15, -0.1) is 0 Å². The van der Waals surface area contributed by atoms with Crippen molar-refractivity contribution >= 4 is 22.6 Å². The normalized spacial score (nSPS) is 11.3. The fourth-order valence-electron chi connectivity index (χ4n) is 3.62. The summed E-state index contributed by atoms with van der Waals surface area (Å²) in [5, 5.41) is 11.4. The smallest absolute Gasteiger partial charge is 0.264 e. The highest BCUT2D eigenvalue weighted by atomic mass is 19.3. The van der Waals surface area contributed by atoms with Crippen molar-refractivity contribution in [3.63, 3.8) is 0 Å². The molecule has 0 aliphatic rings. The molecule has 166 valence electrons. The minimum Gasteiger partial charge on any atom is -0.495 e. The van der Waals surface area contributed by atoms with E-state index in [0.29, 0.717) is 28.4 Å². The zero-order valence-electron chi connectivity index (χ0n) is 18.1. The zero-order valence-corrected chi connectivity index (χ0v) is 18.1. The van der Waals surface area contributed by atoms with Crippen molar-refractivity contribution < 1.29 is 18.3 Å². The fraction of sp³-hybridized carbons (Fsp3) is 0.273. The van der Waals surface area contributed by atoms with Crippen molar-refractivity contribution in [2.75, 3.05) is 12.4 Å². The number of amides is 1. The van der Waals surface area contributed by atoms with Crippen LogP contribution in [0.2, 0.25) is 0 Å². The number of anilines is 1. The number of hydrogen-bond donors (Lipinski definition) is 1. The molecule has 1 aromatic carbocycles. The first-order valence-corrected chi connectivity index (χ1v) is 9.86. The highest BCUT2D eigenvalue weighted by molar-refractivity contribution is 5.93. The topological polar surface area (TPSA) is 86.9 Å². The number of carbonyl (C=O) groups excluding carboxylic acids is 1. The predicted octanol–water partition coefficient (Wildman–Crippen LogP) is 4.03. The molecule has 1 N–H and O–H groups in total. The summed E-state index contributed by atoms with van der Waals surface area (Å²) in [5.74, 6) is 0.132. The molecule has 4 rings (SSSR count). The molecule has 0 radical (unpaired) electrons. The summed E-state index contributed by atoms with van der Waals surface area (Å²) in [4.78, 5) is 17.3. The van der Waals surface area contributed by atoms with E-state index in [2.05, 4.69) is 20.5 Å². The highest BCUT2D eigenvalue weighted by Crippen LogP contribution is 2.33. The van der Waals surface area contributed by atoms with Crippen molar-refractivity contribution in [2.45, 2.75) is 26.8 Å². The Kier molecular flexibility index (Phi) is 5.60. The zero-order chi connectivity index (χ0) is 23.0. The van der Waals surface area contributed by atoms with E-state index in [9.17, 15) is 13.6 Å². The van der Waals surface area contributed by atoms with Crippen molar-refractivity contribution in [2.24, 2.45) is 7.05 Å². The second kappa shape index (κ2) is 8.37. The molecule has 3 aromatic heterocycles. The number of alkyl halides is 2. The molecular formula is C22H22F2N6O2. The van der Waals surface area contributed by atoms with Crippen molar-refractivity contribution in [1.82, 2.24) is 24.5 Å². The maximum atomic E-state index is 13.9. The van der Waals surface area contributed by atoms with Gasteiger partial charge in [-0.25, -0.2) is 18.4 Å². The number of ether oxygens (including phenoxy) is 1. The lowest BCUT2D eigenvalue weighted by atomic mass is 10.1. The number of methoxy groups -OCH3 is 1. The van der Waals surface area contributed by atoms with Crippen LogP contribution >= 0.6 is 0 Å². The van der Waals surface area contributed by atoms with Crippen LogP contribution in [0.25, 0.3) is 22.3 Å². The molecular weight excluding hydrogens is 418 g/mol. The van der Waals surface area contributed by atoms with E-state index < -0.39 is 6.43 Å². The second-order valence-corrected chi connectivity index (χ2v) is 7.49. The van der Waals surface area contributed by atoms with E-state index in [-0.39, 0.29) is 29.0 Å². The first-order chi connectivity index (χ1) is 15.3. The van der Waals surface area contributed by atoms with Crippen LogP contribution in [0.3, 0.4) is 0 Å². The van der Waals surface area contributed by atoms with Gasteiger partial charge in [-0.3, -0.25) is 9.48 Å². The number of fused-ring (bicyclic) bond motifs is 1. The number of nitrogens with one attached hydrogen (secondary N) is 1. The molecule has 0 unspecified atom stereocenters. The van der Waals surface area contributed by atoms with E-state index in [1.54, 1.807) is 43.2 Å². The third-order valence-corrected chi connectivity index (χ3v) is 5.07. The number of pyridine rings is 1. The standard InChI is InChI=1S/C22H22F2N6O2/c1-12-5-6-18(32-4)17(7-12)26-19(31)11-30-22-20(13(2)28-30)15(21(23)24)8-16(27-22)14-9-25-29(3)10-14/h5-10,21H,11H2,1-4H3,(H,26,31). The molecule has 0 aliphatic carbocycles. The van der Waals surface area contributed by atoms with Gasteiger partial charge in [0, 0.05) is 24.4 Å². The van der Waals surface area contributed by atoms with Crippen LogP contribution in [0.4, 0.5) is 14.5 Å². The Hall–Kier alpha value is -3.82. The molecule has 0 bridgehead atoms. The molecule has 0 saturated heterocycles. The number of aryl methyl sites for hydroxylation is 3. The van der Waals surface area contributed by atoms with Crippen LogP contribution in [0.1, 0.15) is 23.2 Å².